The molecule has 1 aromatic heterocycles. The molecule has 23 heavy (non-hydrogen) atoms. The van der Waals surface area contributed by atoms with Crippen LogP contribution in [0.1, 0.15) is 16.1 Å². The molecule has 2 N–H and O–H groups in total. The van der Waals surface area contributed by atoms with E-state index < -0.39 is 0 Å². The molecule has 7 nitrogen and oxygen atoms in total. The van der Waals surface area contributed by atoms with Crippen molar-refractivity contribution in [3.05, 3.63) is 42.0 Å². The number of amides is 2. The first-order chi connectivity index (χ1) is 10.9. The van der Waals surface area contributed by atoms with Gasteiger partial charge in [0.1, 0.15) is 5.69 Å². The average molecular weight is 315 g/mol. The Kier molecular flexibility index (Phi) is 5.13. The normalized spacial score (nSPS) is 10.7. The van der Waals surface area contributed by atoms with Crippen molar-refractivity contribution >= 4 is 23.2 Å². The summed E-state index contributed by atoms with van der Waals surface area (Å²) in [5, 5.41) is 5.64. The Labute approximate surface area is 135 Å². The number of nitrogens with zero attached hydrogens (tertiary/aromatic N) is 3. The summed E-state index contributed by atoms with van der Waals surface area (Å²) in [4.78, 5) is 30.0. The lowest BCUT2D eigenvalue weighted by Crippen LogP contribution is -2.27. The fourth-order valence-electron chi connectivity index (χ4n) is 2.11. The minimum atomic E-state index is -0.279. The molecular weight excluding hydrogens is 294 g/mol. The van der Waals surface area contributed by atoms with Crippen LogP contribution in [0.2, 0.25) is 0 Å². The first-order valence-corrected chi connectivity index (χ1v) is 7.19. The molecule has 0 aliphatic carbocycles. The summed E-state index contributed by atoms with van der Waals surface area (Å²) in [5.74, 6) is -0.423. The van der Waals surface area contributed by atoms with E-state index in [0.29, 0.717) is 17.1 Å². The van der Waals surface area contributed by atoms with Gasteiger partial charge in [0, 0.05) is 7.05 Å². The zero-order valence-corrected chi connectivity index (χ0v) is 13.8. The number of anilines is 2. The molecule has 0 fully saturated rings. The van der Waals surface area contributed by atoms with Crippen molar-refractivity contribution in [1.29, 1.82) is 0 Å². The first-order valence-electron chi connectivity index (χ1n) is 7.19. The van der Waals surface area contributed by atoms with Crippen LogP contribution in [0.3, 0.4) is 0 Å². The maximum absolute atomic E-state index is 12.3. The summed E-state index contributed by atoms with van der Waals surface area (Å²) in [7, 11) is 5.39. The third-order valence-corrected chi connectivity index (χ3v) is 3.21. The van der Waals surface area contributed by atoms with E-state index in [4.69, 9.17) is 0 Å². The van der Waals surface area contributed by atoms with Gasteiger partial charge in [-0.05, 0) is 38.7 Å². The lowest BCUT2D eigenvalue weighted by Gasteiger charge is -2.15. The number of imidazole rings is 1. The molecule has 0 aliphatic rings. The maximum atomic E-state index is 12.3. The monoisotopic (exact) mass is 315 g/mol. The molecule has 0 saturated heterocycles. The number of aryl methyl sites for hydroxylation is 2. The number of aromatic nitrogens is 2. The highest BCUT2D eigenvalue weighted by Gasteiger charge is 2.14. The summed E-state index contributed by atoms with van der Waals surface area (Å²) < 4.78 is 1.63. The molecule has 0 saturated carbocycles. The minimum absolute atomic E-state index is 0.144. The number of hydrogen-bond acceptors (Lipinski definition) is 4. The Bertz CT molecular complexity index is 721. The van der Waals surface area contributed by atoms with Gasteiger partial charge in [0.25, 0.3) is 5.91 Å². The number of nitrogens with one attached hydrogen (secondary N) is 2. The standard InChI is InChI=1S/C16H21N5O2/c1-11-5-6-12(18-15(22)9-20(2)3)13(7-11)19-16(23)14-8-17-10-21(14)4/h5-8,10H,9H2,1-4H3,(H,18,22)(H,19,23). The minimum Gasteiger partial charge on any atom is -0.330 e. The van der Waals surface area contributed by atoms with Gasteiger partial charge in [-0.2, -0.15) is 0 Å². The fourth-order valence-corrected chi connectivity index (χ4v) is 2.11. The summed E-state index contributed by atoms with van der Waals surface area (Å²) in [6.07, 6.45) is 3.06. The molecule has 1 heterocycles. The molecule has 0 aliphatic heterocycles. The Morgan fingerprint density at radius 2 is 1.96 bits per heavy atom. The Morgan fingerprint density at radius 1 is 1.22 bits per heavy atom. The number of likely N-dealkylation sites (N-methyl/N-ethyl adjacent to an activating group) is 1. The quantitative estimate of drug-likeness (QED) is 0.876. The largest absolute Gasteiger partial charge is 0.330 e. The van der Waals surface area contributed by atoms with Crippen molar-refractivity contribution in [3.63, 3.8) is 0 Å². The van der Waals surface area contributed by atoms with Gasteiger partial charge in [-0.1, -0.05) is 6.07 Å². The zero-order valence-electron chi connectivity index (χ0n) is 13.8. The summed E-state index contributed by atoms with van der Waals surface area (Å²) in [6.45, 7) is 2.19. The third-order valence-electron chi connectivity index (χ3n) is 3.21. The Hall–Kier alpha value is -2.67. The number of benzene rings is 1. The van der Waals surface area contributed by atoms with Crippen LogP contribution in [-0.4, -0.2) is 46.9 Å². The van der Waals surface area contributed by atoms with Gasteiger partial charge >= 0.3 is 0 Å². The maximum Gasteiger partial charge on any atom is 0.273 e. The second-order valence-electron chi connectivity index (χ2n) is 5.68. The van der Waals surface area contributed by atoms with Crippen molar-refractivity contribution < 1.29 is 9.59 Å². The third kappa shape index (κ3) is 4.40. The first kappa shape index (κ1) is 16.7. The van der Waals surface area contributed by atoms with Gasteiger partial charge in [-0.15, -0.1) is 0 Å². The average Bonchev–Trinajstić information content (AvgIpc) is 2.87. The van der Waals surface area contributed by atoms with E-state index in [1.807, 2.05) is 33.2 Å². The second kappa shape index (κ2) is 7.06. The van der Waals surface area contributed by atoms with Crippen molar-refractivity contribution in [2.75, 3.05) is 31.3 Å². The molecule has 2 rings (SSSR count). The van der Waals surface area contributed by atoms with Gasteiger partial charge in [0.2, 0.25) is 5.91 Å². The highest BCUT2D eigenvalue weighted by molar-refractivity contribution is 6.06. The summed E-state index contributed by atoms with van der Waals surface area (Å²) >= 11 is 0. The van der Waals surface area contributed by atoms with Crippen molar-refractivity contribution in [3.8, 4) is 0 Å². The lowest BCUT2D eigenvalue weighted by atomic mass is 10.2. The van der Waals surface area contributed by atoms with Gasteiger partial charge in [-0.3, -0.25) is 9.59 Å². The highest BCUT2D eigenvalue weighted by atomic mass is 16.2. The molecule has 7 heteroatoms. The van der Waals surface area contributed by atoms with Gasteiger partial charge in [0.15, 0.2) is 0 Å². The molecule has 1 aromatic carbocycles. The van der Waals surface area contributed by atoms with Crippen LogP contribution in [0.5, 0.6) is 0 Å². The van der Waals surface area contributed by atoms with E-state index in [-0.39, 0.29) is 18.4 Å². The number of hydrogen-bond donors (Lipinski definition) is 2. The van der Waals surface area contributed by atoms with Crippen LogP contribution < -0.4 is 10.6 Å². The van der Waals surface area contributed by atoms with Crippen LogP contribution in [0.25, 0.3) is 0 Å². The SMILES string of the molecule is Cc1ccc(NC(=O)CN(C)C)c(NC(=O)c2cncn2C)c1. The zero-order chi connectivity index (χ0) is 17.0. The van der Waals surface area contributed by atoms with Crippen LogP contribution >= 0.6 is 0 Å². The molecule has 0 atom stereocenters. The molecule has 0 radical (unpaired) electrons. The second-order valence-corrected chi connectivity index (χ2v) is 5.68. The lowest BCUT2D eigenvalue weighted by molar-refractivity contribution is -0.116. The molecule has 2 amide bonds. The van der Waals surface area contributed by atoms with E-state index in [9.17, 15) is 9.59 Å². The van der Waals surface area contributed by atoms with E-state index in [1.54, 1.807) is 28.9 Å². The van der Waals surface area contributed by atoms with E-state index in [1.165, 1.54) is 6.20 Å². The Morgan fingerprint density at radius 3 is 2.57 bits per heavy atom. The van der Waals surface area contributed by atoms with Gasteiger partial charge < -0.3 is 20.1 Å². The van der Waals surface area contributed by atoms with Crippen LogP contribution in [-0.2, 0) is 11.8 Å². The number of carbonyl (C=O) groups is 2. The smallest absolute Gasteiger partial charge is 0.273 e. The van der Waals surface area contributed by atoms with E-state index in [0.717, 1.165) is 5.56 Å². The van der Waals surface area contributed by atoms with Crippen molar-refractivity contribution in [1.82, 2.24) is 14.5 Å². The van der Waals surface area contributed by atoms with Gasteiger partial charge in [0.05, 0.1) is 30.4 Å². The summed E-state index contributed by atoms with van der Waals surface area (Å²) in [5.41, 5.74) is 2.55. The molecule has 2 aromatic rings. The molecular formula is C16H21N5O2. The van der Waals surface area contributed by atoms with Crippen LogP contribution in [0.15, 0.2) is 30.7 Å². The number of rotatable bonds is 5. The van der Waals surface area contributed by atoms with E-state index >= 15 is 0 Å². The fraction of sp³-hybridized carbons (Fsp3) is 0.312. The van der Waals surface area contributed by atoms with Crippen molar-refractivity contribution in [2.45, 2.75) is 6.92 Å². The highest BCUT2D eigenvalue weighted by Crippen LogP contribution is 2.23. The van der Waals surface area contributed by atoms with Crippen LogP contribution in [0.4, 0.5) is 11.4 Å². The summed E-state index contributed by atoms with van der Waals surface area (Å²) in [6, 6.07) is 5.48. The van der Waals surface area contributed by atoms with E-state index in [2.05, 4.69) is 15.6 Å². The topological polar surface area (TPSA) is 79.3 Å². The molecule has 0 bridgehead atoms. The predicted molar refractivity (Wildman–Crippen MR) is 89.5 cm³/mol. The molecule has 0 unspecified atom stereocenters. The van der Waals surface area contributed by atoms with Crippen LogP contribution in [0, 0.1) is 6.92 Å². The predicted octanol–water partition coefficient (Wildman–Crippen LogP) is 1.48. The van der Waals surface area contributed by atoms with Crippen molar-refractivity contribution in [2.24, 2.45) is 7.05 Å². The number of carbonyl (C=O) groups excluding carboxylic acids is 2. The molecule has 0 spiro atoms. The van der Waals surface area contributed by atoms with Gasteiger partial charge in [-0.25, -0.2) is 4.98 Å². The Balaban J connectivity index is 2.20. The molecule has 122 valence electrons.